The van der Waals surface area contributed by atoms with Crippen LogP contribution in [0.25, 0.3) is 6.08 Å². The Hall–Kier alpha value is -1.08. The first-order valence-corrected chi connectivity index (χ1v) is 7.33. The topological polar surface area (TPSA) is 12.0 Å². The molecule has 1 aliphatic rings. The molecule has 0 radical (unpaired) electrons. The Morgan fingerprint density at radius 1 is 1.22 bits per heavy atom. The van der Waals surface area contributed by atoms with E-state index >= 15 is 0 Å². The molecule has 1 aliphatic carbocycles. The minimum absolute atomic E-state index is 0.740. The zero-order valence-corrected chi connectivity index (χ0v) is 11.4. The second-order valence-corrected chi connectivity index (χ2v) is 5.36. The summed E-state index contributed by atoms with van der Waals surface area (Å²) in [6.45, 7) is 3.32. The third-order valence-electron chi connectivity index (χ3n) is 3.99. The number of rotatable bonds is 5. The summed E-state index contributed by atoms with van der Waals surface area (Å²) in [6.07, 6.45) is 11.4. The number of benzene rings is 1. The van der Waals surface area contributed by atoms with Crippen molar-refractivity contribution in [2.45, 2.75) is 45.1 Å². The van der Waals surface area contributed by atoms with Crippen LogP contribution in [0.4, 0.5) is 0 Å². The monoisotopic (exact) mass is 243 g/mol. The van der Waals surface area contributed by atoms with Gasteiger partial charge in [-0.15, -0.1) is 0 Å². The Bertz CT molecular complexity index is 355. The quantitative estimate of drug-likeness (QED) is 0.815. The molecule has 2 unspecified atom stereocenters. The largest absolute Gasteiger partial charge is 0.311 e. The van der Waals surface area contributed by atoms with Crippen molar-refractivity contribution in [3.63, 3.8) is 0 Å². The summed E-state index contributed by atoms with van der Waals surface area (Å²) in [5.41, 5.74) is 1.29. The van der Waals surface area contributed by atoms with Gasteiger partial charge in [-0.25, -0.2) is 0 Å². The number of hydrogen-bond acceptors (Lipinski definition) is 1. The van der Waals surface area contributed by atoms with Crippen molar-refractivity contribution < 1.29 is 0 Å². The van der Waals surface area contributed by atoms with Crippen LogP contribution >= 0.6 is 0 Å². The molecule has 1 saturated carbocycles. The zero-order valence-electron chi connectivity index (χ0n) is 11.4. The molecule has 0 bridgehead atoms. The SMILES string of the molecule is CCC1CCCC(NCC=Cc2ccccc2)C1. The minimum atomic E-state index is 0.740. The van der Waals surface area contributed by atoms with Crippen LogP contribution in [-0.4, -0.2) is 12.6 Å². The fourth-order valence-corrected chi connectivity index (χ4v) is 2.84. The highest BCUT2D eigenvalue weighted by Gasteiger charge is 2.19. The van der Waals surface area contributed by atoms with Crippen LogP contribution in [0.3, 0.4) is 0 Å². The maximum Gasteiger partial charge on any atom is 0.0140 e. The molecule has 0 aromatic heterocycles. The first-order chi connectivity index (χ1) is 8.88. The second kappa shape index (κ2) is 7.38. The lowest BCUT2D eigenvalue weighted by Gasteiger charge is -2.28. The summed E-state index contributed by atoms with van der Waals surface area (Å²) in [5.74, 6) is 0.953. The maximum atomic E-state index is 3.67. The Balaban J connectivity index is 1.70. The van der Waals surface area contributed by atoms with Crippen molar-refractivity contribution in [1.82, 2.24) is 5.32 Å². The van der Waals surface area contributed by atoms with E-state index in [1.807, 2.05) is 0 Å². The molecule has 1 aromatic rings. The van der Waals surface area contributed by atoms with E-state index < -0.39 is 0 Å². The third kappa shape index (κ3) is 4.30. The van der Waals surface area contributed by atoms with Gasteiger partial charge in [0.25, 0.3) is 0 Å². The summed E-state index contributed by atoms with van der Waals surface area (Å²) in [7, 11) is 0. The van der Waals surface area contributed by atoms with E-state index in [-0.39, 0.29) is 0 Å². The summed E-state index contributed by atoms with van der Waals surface area (Å²) >= 11 is 0. The van der Waals surface area contributed by atoms with Gasteiger partial charge in [0.1, 0.15) is 0 Å². The minimum Gasteiger partial charge on any atom is -0.311 e. The van der Waals surface area contributed by atoms with Crippen molar-refractivity contribution in [2.75, 3.05) is 6.54 Å². The van der Waals surface area contributed by atoms with E-state index in [4.69, 9.17) is 0 Å². The van der Waals surface area contributed by atoms with Gasteiger partial charge in [0, 0.05) is 12.6 Å². The Labute approximate surface area is 111 Å². The lowest BCUT2D eigenvalue weighted by molar-refractivity contribution is 0.285. The summed E-state index contributed by atoms with van der Waals surface area (Å²) in [4.78, 5) is 0. The van der Waals surface area contributed by atoms with Crippen LogP contribution in [0.1, 0.15) is 44.6 Å². The number of hydrogen-bond donors (Lipinski definition) is 1. The van der Waals surface area contributed by atoms with Gasteiger partial charge < -0.3 is 5.32 Å². The van der Waals surface area contributed by atoms with Crippen LogP contribution in [0.5, 0.6) is 0 Å². The van der Waals surface area contributed by atoms with Crippen molar-refractivity contribution in [1.29, 1.82) is 0 Å². The van der Waals surface area contributed by atoms with Crippen molar-refractivity contribution in [2.24, 2.45) is 5.92 Å². The standard InChI is InChI=1S/C17H25N/c1-2-15-10-6-12-17(14-15)18-13-7-11-16-8-4-3-5-9-16/h3-5,7-9,11,15,17-18H,2,6,10,12-14H2,1H3. The second-order valence-electron chi connectivity index (χ2n) is 5.36. The van der Waals surface area contributed by atoms with Crippen molar-refractivity contribution in [3.05, 3.63) is 42.0 Å². The molecule has 2 rings (SSSR count). The van der Waals surface area contributed by atoms with Crippen LogP contribution in [0.15, 0.2) is 36.4 Å². The summed E-state index contributed by atoms with van der Waals surface area (Å²) in [6, 6.07) is 11.3. The lowest BCUT2D eigenvalue weighted by Crippen LogP contribution is -2.34. The molecule has 0 amide bonds. The number of nitrogens with one attached hydrogen (secondary N) is 1. The van der Waals surface area contributed by atoms with Crippen LogP contribution in [0.2, 0.25) is 0 Å². The van der Waals surface area contributed by atoms with Crippen molar-refractivity contribution in [3.8, 4) is 0 Å². The van der Waals surface area contributed by atoms with Gasteiger partial charge in [-0.3, -0.25) is 0 Å². The predicted molar refractivity (Wildman–Crippen MR) is 79.5 cm³/mol. The molecule has 98 valence electrons. The van der Waals surface area contributed by atoms with Gasteiger partial charge in [-0.1, -0.05) is 68.7 Å². The van der Waals surface area contributed by atoms with E-state index in [0.29, 0.717) is 0 Å². The first-order valence-electron chi connectivity index (χ1n) is 7.33. The highest BCUT2D eigenvalue weighted by Crippen LogP contribution is 2.26. The fourth-order valence-electron chi connectivity index (χ4n) is 2.84. The van der Waals surface area contributed by atoms with Gasteiger partial charge in [-0.05, 0) is 24.3 Å². The van der Waals surface area contributed by atoms with Crippen molar-refractivity contribution >= 4 is 6.08 Å². The molecule has 1 fully saturated rings. The molecule has 1 nitrogen and oxygen atoms in total. The first kappa shape index (κ1) is 13.4. The van der Waals surface area contributed by atoms with Crippen LogP contribution < -0.4 is 5.32 Å². The van der Waals surface area contributed by atoms with E-state index in [9.17, 15) is 0 Å². The lowest BCUT2D eigenvalue weighted by atomic mass is 9.84. The molecule has 1 aromatic carbocycles. The van der Waals surface area contributed by atoms with E-state index in [1.165, 1.54) is 37.7 Å². The molecule has 2 atom stereocenters. The maximum absolute atomic E-state index is 3.67. The van der Waals surface area contributed by atoms with Crippen LogP contribution in [0, 0.1) is 5.92 Å². The Morgan fingerprint density at radius 2 is 2.06 bits per heavy atom. The van der Waals surface area contributed by atoms with Gasteiger partial charge in [0.15, 0.2) is 0 Å². The van der Waals surface area contributed by atoms with Crippen LogP contribution in [-0.2, 0) is 0 Å². The summed E-state index contributed by atoms with van der Waals surface area (Å²) in [5, 5.41) is 3.67. The Kier molecular flexibility index (Phi) is 5.47. The molecule has 18 heavy (non-hydrogen) atoms. The molecule has 0 spiro atoms. The predicted octanol–water partition coefficient (Wildman–Crippen LogP) is 4.26. The normalized spacial score (nSPS) is 24.5. The van der Waals surface area contributed by atoms with E-state index in [1.54, 1.807) is 0 Å². The smallest absolute Gasteiger partial charge is 0.0140 e. The fraction of sp³-hybridized carbons (Fsp3) is 0.529. The van der Waals surface area contributed by atoms with E-state index in [0.717, 1.165) is 18.5 Å². The molecular weight excluding hydrogens is 218 g/mol. The summed E-state index contributed by atoms with van der Waals surface area (Å²) < 4.78 is 0. The average molecular weight is 243 g/mol. The highest BCUT2D eigenvalue weighted by atomic mass is 14.9. The average Bonchev–Trinajstić information content (AvgIpc) is 2.45. The van der Waals surface area contributed by atoms with Gasteiger partial charge in [-0.2, -0.15) is 0 Å². The molecular formula is C17H25N. The molecule has 0 heterocycles. The van der Waals surface area contributed by atoms with Gasteiger partial charge in [0.05, 0.1) is 0 Å². The molecule has 1 heteroatoms. The molecule has 1 N–H and O–H groups in total. The molecule has 0 aliphatic heterocycles. The highest BCUT2D eigenvalue weighted by molar-refractivity contribution is 5.48. The van der Waals surface area contributed by atoms with Gasteiger partial charge in [0.2, 0.25) is 0 Å². The third-order valence-corrected chi connectivity index (χ3v) is 3.99. The zero-order chi connectivity index (χ0) is 12.6. The van der Waals surface area contributed by atoms with E-state index in [2.05, 4.69) is 54.7 Å². The molecule has 0 saturated heterocycles. The van der Waals surface area contributed by atoms with Gasteiger partial charge >= 0.3 is 0 Å². The Morgan fingerprint density at radius 3 is 2.83 bits per heavy atom.